The van der Waals surface area contributed by atoms with E-state index >= 15 is 0 Å². The highest BCUT2D eigenvalue weighted by Crippen LogP contribution is 2.22. The van der Waals surface area contributed by atoms with Crippen LogP contribution in [0.5, 0.6) is 0 Å². The van der Waals surface area contributed by atoms with Crippen LogP contribution in [0.15, 0.2) is 27.8 Å². The highest BCUT2D eigenvalue weighted by atomic mass is 16.5. The zero-order chi connectivity index (χ0) is 15.8. The standard InChI is InChI=1S/C16H17N5O2/c1-10-17-6-8-21(10)7-5-14-19-16(23-20-14)12-9-11-3-2-4-13(11)18-15(12)22/h6,8-9H,2-5,7H2,1H3,(H,18,22). The number of nitrogens with one attached hydrogen (secondary N) is 1. The Labute approximate surface area is 132 Å². The van der Waals surface area contributed by atoms with E-state index in [0.717, 1.165) is 37.3 Å². The average Bonchev–Trinajstić information content (AvgIpc) is 3.24. The fraction of sp³-hybridized carbons (Fsp3) is 0.375. The van der Waals surface area contributed by atoms with Crippen LogP contribution in [0.3, 0.4) is 0 Å². The zero-order valence-corrected chi connectivity index (χ0v) is 12.9. The third-order valence-corrected chi connectivity index (χ3v) is 4.29. The number of rotatable bonds is 4. The maximum absolute atomic E-state index is 12.2. The molecule has 0 saturated heterocycles. The largest absolute Gasteiger partial charge is 0.335 e. The lowest BCUT2D eigenvalue weighted by Crippen LogP contribution is -2.12. The van der Waals surface area contributed by atoms with Gasteiger partial charge in [-0.05, 0) is 37.8 Å². The van der Waals surface area contributed by atoms with Gasteiger partial charge in [0, 0.05) is 31.1 Å². The zero-order valence-electron chi connectivity index (χ0n) is 12.9. The molecule has 0 aliphatic heterocycles. The molecule has 0 saturated carbocycles. The van der Waals surface area contributed by atoms with Gasteiger partial charge in [-0.3, -0.25) is 4.79 Å². The molecule has 1 aliphatic carbocycles. The Morgan fingerprint density at radius 2 is 2.30 bits per heavy atom. The Bertz CT molecular complexity index is 905. The van der Waals surface area contributed by atoms with Gasteiger partial charge in [-0.15, -0.1) is 0 Å². The number of aromatic amines is 1. The molecular formula is C16H17N5O2. The fourth-order valence-electron chi connectivity index (χ4n) is 3.00. The fourth-order valence-corrected chi connectivity index (χ4v) is 3.00. The van der Waals surface area contributed by atoms with Crippen molar-refractivity contribution in [3.8, 4) is 11.5 Å². The summed E-state index contributed by atoms with van der Waals surface area (Å²) in [5.41, 5.74) is 2.51. The Hall–Kier alpha value is -2.70. The van der Waals surface area contributed by atoms with Crippen molar-refractivity contribution in [2.24, 2.45) is 0 Å². The molecule has 1 N–H and O–H groups in total. The molecule has 4 rings (SSSR count). The molecule has 0 amide bonds. The maximum atomic E-state index is 12.2. The van der Waals surface area contributed by atoms with Gasteiger partial charge >= 0.3 is 0 Å². The normalized spacial score (nSPS) is 13.4. The molecule has 0 aromatic carbocycles. The molecule has 0 spiro atoms. The van der Waals surface area contributed by atoms with E-state index in [1.165, 1.54) is 5.56 Å². The highest BCUT2D eigenvalue weighted by molar-refractivity contribution is 5.53. The van der Waals surface area contributed by atoms with Crippen LogP contribution in [0.2, 0.25) is 0 Å². The topological polar surface area (TPSA) is 89.6 Å². The second-order valence-electron chi connectivity index (χ2n) is 5.80. The quantitative estimate of drug-likeness (QED) is 0.791. The van der Waals surface area contributed by atoms with Crippen LogP contribution in [0.25, 0.3) is 11.5 Å². The predicted octanol–water partition coefficient (Wildman–Crippen LogP) is 1.66. The van der Waals surface area contributed by atoms with Crippen molar-refractivity contribution in [1.29, 1.82) is 0 Å². The second-order valence-corrected chi connectivity index (χ2v) is 5.80. The Morgan fingerprint density at radius 3 is 3.13 bits per heavy atom. The molecule has 0 radical (unpaired) electrons. The van der Waals surface area contributed by atoms with E-state index in [1.807, 2.05) is 23.8 Å². The van der Waals surface area contributed by atoms with E-state index < -0.39 is 0 Å². The molecule has 3 aromatic rings. The number of hydrogen-bond acceptors (Lipinski definition) is 5. The van der Waals surface area contributed by atoms with Gasteiger partial charge in [-0.2, -0.15) is 4.98 Å². The smallest absolute Gasteiger partial charge is 0.263 e. The van der Waals surface area contributed by atoms with Crippen molar-refractivity contribution in [2.45, 2.75) is 39.2 Å². The summed E-state index contributed by atoms with van der Waals surface area (Å²) in [6.07, 6.45) is 7.31. The van der Waals surface area contributed by atoms with Gasteiger partial charge < -0.3 is 14.1 Å². The minimum Gasteiger partial charge on any atom is -0.335 e. The van der Waals surface area contributed by atoms with Crippen LogP contribution in [0.4, 0.5) is 0 Å². The van der Waals surface area contributed by atoms with E-state index in [2.05, 4.69) is 20.1 Å². The molecule has 7 heteroatoms. The van der Waals surface area contributed by atoms with Crippen molar-refractivity contribution in [1.82, 2.24) is 24.7 Å². The lowest BCUT2D eigenvalue weighted by molar-refractivity contribution is 0.420. The summed E-state index contributed by atoms with van der Waals surface area (Å²) in [4.78, 5) is 23.7. The van der Waals surface area contributed by atoms with Crippen molar-refractivity contribution in [3.05, 3.63) is 51.7 Å². The van der Waals surface area contributed by atoms with Gasteiger partial charge in [-0.1, -0.05) is 5.16 Å². The van der Waals surface area contributed by atoms with Gasteiger partial charge in [-0.25, -0.2) is 4.98 Å². The van der Waals surface area contributed by atoms with Crippen LogP contribution in [-0.2, 0) is 25.8 Å². The van der Waals surface area contributed by atoms with E-state index in [9.17, 15) is 4.79 Å². The van der Waals surface area contributed by atoms with Gasteiger partial charge in [0.25, 0.3) is 11.4 Å². The summed E-state index contributed by atoms with van der Waals surface area (Å²) in [7, 11) is 0. The number of hydrogen-bond donors (Lipinski definition) is 1. The minimum atomic E-state index is -0.161. The molecular weight excluding hydrogens is 294 g/mol. The first kappa shape index (κ1) is 13.9. The van der Waals surface area contributed by atoms with Crippen molar-refractivity contribution in [3.63, 3.8) is 0 Å². The van der Waals surface area contributed by atoms with Crippen molar-refractivity contribution < 1.29 is 4.52 Å². The third kappa shape index (κ3) is 2.58. The summed E-state index contributed by atoms with van der Waals surface area (Å²) in [5, 5.41) is 3.98. The van der Waals surface area contributed by atoms with Gasteiger partial charge in [0.2, 0.25) is 0 Å². The molecule has 118 valence electrons. The lowest BCUT2D eigenvalue weighted by Gasteiger charge is -2.01. The monoisotopic (exact) mass is 311 g/mol. The first-order valence-electron chi connectivity index (χ1n) is 7.76. The van der Waals surface area contributed by atoms with Gasteiger partial charge in [0.15, 0.2) is 5.82 Å². The molecule has 0 fully saturated rings. The number of pyridine rings is 1. The van der Waals surface area contributed by atoms with Crippen LogP contribution in [0, 0.1) is 6.92 Å². The van der Waals surface area contributed by atoms with Crippen LogP contribution in [0.1, 0.15) is 29.3 Å². The van der Waals surface area contributed by atoms with Crippen LogP contribution >= 0.6 is 0 Å². The molecule has 0 unspecified atom stereocenters. The minimum absolute atomic E-state index is 0.161. The number of aromatic nitrogens is 5. The van der Waals surface area contributed by atoms with Crippen molar-refractivity contribution in [2.75, 3.05) is 0 Å². The molecule has 23 heavy (non-hydrogen) atoms. The molecule has 1 aliphatic rings. The second kappa shape index (κ2) is 5.49. The van der Waals surface area contributed by atoms with Crippen LogP contribution < -0.4 is 5.56 Å². The van der Waals surface area contributed by atoms with Gasteiger partial charge in [0.1, 0.15) is 11.4 Å². The first-order valence-corrected chi connectivity index (χ1v) is 7.76. The predicted molar refractivity (Wildman–Crippen MR) is 83.0 cm³/mol. The van der Waals surface area contributed by atoms with E-state index in [-0.39, 0.29) is 5.56 Å². The number of aryl methyl sites for hydroxylation is 5. The number of imidazole rings is 1. The SMILES string of the molecule is Cc1nccn1CCc1noc(-c2cc3c([nH]c2=O)CCC3)n1. The average molecular weight is 311 g/mol. The van der Waals surface area contributed by atoms with E-state index in [0.29, 0.717) is 23.7 Å². The van der Waals surface area contributed by atoms with E-state index in [4.69, 9.17) is 4.52 Å². The van der Waals surface area contributed by atoms with E-state index in [1.54, 1.807) is 6.20 Å². The number of fused-ring (bicyclic) bond motifs is 1. The summed E-state index contributed by atoms with van der Waals surface area (Å²) < 4.78 is 7.31. The Morgan fingerprint density at radius 1 is 1.39 bits per heavy atom. The summed E-state index contributed by atoms with van der Waals surface area (Å²) >= 11 is 0. The number of nitrogens with zero attached hydrogens (tertiary/aromatic N) is 4. The third-order valence-electron chi connectivity index (χ3n) is 4.29. The molecule has 3 heterocycles. The lowest BCUT2D eigenvalue weighted by atomic mass is 10.1. The number of H-pyrrole nitrogens is 1. The van der Waals surface area contributed by atoms with Crippen LogP contribution in [-0.4, -0.2) is 24.7 Å². The Kier molecular flexibility index (Phi) is 3.33. The Balaban J connectivity index is 1.56. The molecule has 3 aromatic heterocycles. The molecule has 0 bridgehead atoms. The van der Waals surface area contributed by atoms with Crippen molar-refractivity contribution >= 4 is 0 Å². The molecule has 7 nitrogen and oxygen atoms in total. The summed E-state index contributed by atoms with van der Waals surface area (Å²) in [6, 6.07) is 1.89. The highest BCUT2D eigenvalue weighted by Gasteiger charge is 2.18. The maximum Gasteiger partial charge on any atom is 0.263 e. The summed E-state index contributed by atoms with van der Waals surface area (Å²) in [6.45, 7) is 2.68. The van der Waals surface area contributed by atoms with Gasteiger partial charge in [0.05, 0.1) is 0 Å². The summed E-state index contributed by atoms with van der Waals surface area (Å²) in [5.74, 6) is 1.83. The first-order chi connectivity index (χ1) is 11.2. The molecule has 0 atom stereocenters.